The number of ether oxygens (including phenoxy) is 2. The molecule has 0 amide bonds. The fourth-order valence-corrected chi connectivity index (χ4v) is 2.37. The maximum absolute atomic E-state index is 5.43. The molecule has 3 heteroatoms. The first-order valence-corrected chi connectivity index (χ1v) is 5.67. The molecule has 16 heavy (non-hydrogen) atoms. The van der Waals surface area contributed by atoms with Crippen LogP contribution in [0.1, 0.15) is 25.3 Å². The van der Waals surface area contributed by atoms with Crippen LogP contribution in [0.4, 0.5) is 0 Å². The zero-order chi connectivity index (χ0) is 11.6. The highest BCUT2D eigenvalue weighted by atomic mass is 16.5. The Bertz CT molecular complexity index is 370. The van der Waals surface area contributed by atoms with Gasteiger partial charge < -0.3 is 14.8 Å². The second-order valence-electron chi connectivity index (χ2n) is 4.43. The molecule has 1 saturated heterocycles. The lowest BCUT2D eigenvalue weighted by Crippen LogP contribution is -2.33. The van der Waals surface area contributed by atoms with Gasteiger partial charge in [-0.15, -0.1) is 0 Å². The molecule has 0 bridgehead atoms. The number of nitrogens with one attached hydrogen (secondary N) is 1. The van der Waals surface area contributed by atoms with Crippen LogP contribution in [0.3, 0.4) is 0 Å². The van der Waals surface area contributed by atoms with Gasteiger partial charge >= 0.3 is 0 Å². The third-order valence-corrected chi connectivity index (χ3v) is 3.37. The van der Waals surface area contributed by atoms with E-state index < -0.39 is 0 Å². The fraction of sp³-hybridized carbons (Fsp3) is 0.538. The van der Waals surface area contributed by atoms with Gasteiger partial charge in [0.05, 0.1) is 14.2 Å². The molecule has 2 rings (SSSR count). The zero-order valence-corrected chi connectivity index (χ0v) is 10.2. The van der Waals surface area contributed by atoms with Gasteiger partial charge in [-0.1, -0.05) is 0 Å². The lowest BCUT2D eigenvalue weighted by molar-refractivity contribution is 0.364. The molecular weight excluding hydrogens is 202 g/mol. The van der Waals surface area contributed by atoms with Crippen molar-refractivity contribution in [3.63, 3.8) is 0 Å². The molecule has 88 valence electrons. The van der Waals surface area contributed by atoms with Crippen molar-refractivity contribution in [1.29, 1.82) is 0 Å². The second-order valence-corrected chi connectivity index (χ2v) is 4.43. The molecule has 3 nitrogen and oxygen atoms in total. The van der Waals surface area contributed by atoms with E-state index in [1.165, 1.54) is 12.0 Å². The van der Waals surface area contributed by atoms with E-state index in [-0.39, 0.29) is 5.54 Å². The van der Waals surface area contributed by atoms with Crippen LogP contribution >= 0.6 is 0 Å². The molecule has 1 atom stereocenters. The highest BCUT2D eigenvalue weighted by Gasteiger charge is 2.32. The summed E-state index contributed by atoms with van der Waals surface area (Å²) in [5.74, 6) is 1.81. The predicted molar refractivity (Wildman–Crippen MR) is 64.1 cm³/mol. The highest BCUT2D eigenvalue weighted by Crippen LogP contribution is 2.38. The number of benzene rings is 1. The smallest absolute Gasteiger partial charge is 0.124 e. The van der Waals surface area contributed by atoms with Crippen LogP contribution in [-0.4, -0.2) is 20.8 Å². The van der Waals surface area contributed by atoms with Crippen LogP contribution < -0.4 is 14.8 Å². The molecule has 0 spiro atoms. The fourth-order valence-electron chi connectivity index (χ4n) is 2.37. The van der Waals surface area contributed by atoms with Gasteiger partial charge in [-0.25, -0.2) is 0 Å². The second kappa shape index (κ2) is 4.34. The first kappa shape index (κ1) is 11.3. The Hall–Kier alpha value is -1.22. The average molecular weight is 221 g/mol. The van der Waals surface area contributed by atoms with Crippen molar-refractivity contribution in [1.82, 2.24) is 5.32 Å². The summed E-state index contributed by atoms with van der Waals surface area (Å²) in [6.07, 6.45) is 2.34. The van der Waals surface area contributed by atoms with E-state index in [2.05, 4.69) is 18.3 Å². The Morgan fingerprint density at radius 3 is 2.62 bits per heavy atom. The van der Waals surface area contributed by atoms with E-state index >= 15 is 0 Å². The summed E-state index contributed by atoms with van der Waals surface area (Å²) in [7, 11) is 3.40. The Balaban J connectivity index is 2.43. The van der Waals surface area contributed by atoms with E-state index in [0.717, 1.165) is 24.5 Å². The molecule has 1 heterocycles. The SMILES string of the molecule is COc1ccc(OC)c(C2(C)CCCN2)c1. The molecule has 0 aliphatic carbocycles. The van der Waals surface area contributed by atoms with Crippen molar-refractivity contribution in [3.8, 4) is 11.5 Å². The summed E-state index contributed by atoms with van der Waals surface area (Å²) >= 11 is 0. The average Bonchev–Trinajstić information content (AvgIpc) is 2.76. The molecule has 1 aromatic rings. The van der Waals surface area contributed by atoms with E-state index in [0.29, 0.717) is 0 Å². The summed E-state index contributed by atoms with van der Waals surface area (Å²) in [6, 6.07) is 5.97. The monoisotopic (exact) mass is 221 g/mol. The summed E-state index contributed by atoms with van der Waals surface area (Å²) in [4.78, 5) is 0. The summed E-state index contributed by atoms with van der Waals surface area (Å²) in [5.41, 5.74) is 1.20. The Morgan fingerprint density at radius 1 is 1.25 bits per heavy atom. The minimum absolute atomic E-state index is 0.0138. The molecule has 1 unspecified atom stereocenters. The third-order valence-electron chi connectivity index (χ3n) is 3.37. The molecule has 1 aliphatic rings. The zero-order valence-electron chi connectivity index (χ0n) is 10.2. The first-order chi connectivity index (χ1) is 7.69. The summed E-state index contributed by atoms with van der Waals surface area (Å²) in [6.45, 7) is 3.29. The standard InChI is InChI=1S/C13H19NO2/c1-13(7-4-8-14-13)11-9-10(15-2)5-6-12(11)16-3/h5-6,9,14H,4,7-8H2,1-3H3. The molecule has 0 radical (unpaired) electrons. The molecule has 1 aromatic carbocycles. The lowest BCUT2D eigenvalue weighted by atomic mass is 9.89. The van der Waals surface area contributed by atoms with Crippen LogP contribution in [-0.2, 0) is 5.54 Å². The Kier molecular flexibility index (Phi) is 3.06. The van der Waals surface area contributed by atoms with Crippen molar-refractivity contribution in [2.24, 2.45) is 0 Å². The summed E-state index contributed by atoms with van der Waals surface area (Å²) < 4.78 is 10.7. The Morgan fingerprint density at radius 2 is 2.06 bits per heavy atom. The van der Waals surface area contributed by atoms with Crippen LogP contribution in [0.5, 0.6) is 11.5 Å². The van der Waals surface area contributed by atoms with Crippen LogP contribution in [0.2, 0.25) is 0 Å². The topological polar surface area (TPSA) is 30.5 Å². The van der Waals surface area contributed by atoms with Gasteiger partial charge in [0.25, 0.3) is 0 Å². The molecular formula is C13H19NO2. The van der Waals surface area contributed by atoms with Gasteiger partial charge in [0, 0.05) is 11.1 Å². The van der Waals surface area contributed by atoms with Crippen LogP contribution in [0.15, 0.2) is 18.2 Å². The molecule has 0 aromatic heterocycles. The van der Waals surface area contributed by atoms with Crippen molar-refractivity contribution < 1.29 is 9.47 Å². The number of hydrogen-bond donors (Lipinski definition) is 1. The van der Waals surface area contributed by atoms with Gasteiger partial charge in [0.1, 0.15) is 11.5 Å². The van der Waals surface area contributed by atoms with Crippen molar-refractivity contribution >= 4 is 0 Å². The maximum Gasteiger partial charge on any atom is 0.124 e. The van der Waals surface area contributed by atoms with Gasteiger partial charge in [0.15, 0.2) is 0 Å². The van der Waals surface area contributed by atoms with Crippen LogP contribution in [0, 0.1) is 0 Å². The normalized spacial score (nSPS) is 24.4. The number of rotatable bonds is 3. The molecule has 0 saturated carbocycles. The predicted octanol–water partition coefficient (Wildman–Crippen LogP) is 2.30. The lowest BCUT2D eigenvalue weighted by Gasteiger charge is -2.27. The summed E-state index contributed by atoms with van der Waals surface area (Å²) in [5, 5.41) is 3.54. The number of methoxy groups -OCH3 is 2. The van der Waals surface area contributed by atoms with E-state index in [9.17, 15) is 0 Å². The molecule has 1 aliphatic heterocycles. The first-order valence-electron chi connectivity index (χ1n) is 5.67. The number of hydrogen-bond acceptors (Lipinski definition) is 3. The van der Waals surface area contributed by atoms with Crippen LogP contribution in [0.25, 0.3) is 0 Å². The van der Waals surface area contributed by atoms with Gasteiger partial charge in [-0.3, -0.25) is 0 Å². The minimum atomic E-state index is 0.0138. The maximum atomic E-state index is 5.43. The molecule has 1 N–H and O–H groups in total. The van der Waals surface area contributed by atoms with Crippen molar-refractivity contribution in [2.45, 2.75) is 25.3 Å². The molecule has 1 fully saturated rings. The highest BCUT2D eigenvalue weighted by molar-refractivity contribution is 5.44. The third kappa shape index (κ3) is 1.87. The van der Waals surface area contributed by atoms with E-state index in [1.54, 1.807) is 14.2 Å². The van der Waals surface area contributed by atoms with E-state index in [4.69, 9.17) is 9.47 Å². The quantitative estimate of drug-likeness (QED) is 0.849. The van der Waals surface area contributed by atoms with Crippen molar-refractivity contribution in [2.75, 3.05) is 20.8 Å². The largest absolute Gasteiger partial charge is 0.497 e. The van der Waals surface area contributed by atoms with Crippen molar-refractivity contribution in [3.05, 3.63) is 23.8 Å². The Labute approximate surface area is 96.8 Å². The van der Waals surface area contributed by atoms with E-state index in [1.807, 2.05) is 12.1 Å². The van der Waals surface area contributed by atoms with Gasteiger partial charge in [-0.2, -0.15) is 0 Å². The van der Waals surface area contributed by atoms with Gasteiger partial charge in [0.2, 0.25) is 0 Å². The minimum Gasteiger partial charge on any atom is -0.497 e. The van der Waals surface area contributed by atoms with Gasteiger partial charge in [-0.05, 0) is 44.5 Å².